The maximum Gasteiger partial charge on any atom is 0.0618 e. The highest BCUT2D eigenvalue weighted by atomic mass is 16.5. The molecule has 0 spiro atoms. The first-order valence-corrected chi connectivity index (χ1v) is 8.29. The van der Waals surface area contributed by atoms with Crippen LogP contribution in [0.4, 0.5) is 0 Å². The van der Waals surface area contributed by atoms with Crippen molar-refractivity contribution in [3.63, 3.8) is 0 Å². The highest BCUT2D eigenvalue weighted by Crippen LogP contribution is 2.38. The van der Waals surface area contributed by atoms with Gasteiger partial charge in [-0.25, -0.2) is 0 Å². The van der Waals surface area contributed by atoms with E-state index in [1.165, 1.54) is 51.5 Å². The van der Waals surface area contributed by atoms with Gasteiger partial charge < -0.3 is 10.1 Å². The molecule has 0 aromatic heterocycles. The Bertz CT molecular complexity index is 239. The maximum atomic E-state index is 5.47. The van der Waals surface area contributed by atoms with Gasteiger partial charge in [-0.05, 0) is 45.1 Å². The number of piperidine rings is 1. The van der Waals surface area contributed by atoms with E-state index in [1.807, 2.05) is 7.11 Å². The van der Waals surface area contributed by atoms with Gasteiger partial charge in [0.25, 0.3) is 0 Å². The van der Waals surface area contributed by atoms with Crippen LogP contribution in [0.3, 0.4) is 0 Å². The van der Waals surface area contributed by atoms with Crippen molar-refractivity contribution in [2.45, 2.75) is 83.0 Å². The Kier molecular flexibility index (Phi) is 6.11. The Morgan fingerprint density at radius 1 is 1.16 bits per heavy atom. The number of nitrogens with zero attached hydrogens (tertiary/aromatic N) is 1. The van der Waals surface area contributed by atoms with Crippen LogP contribution in [0.2, 0.25) is 0 Å². The Labute approximate surface area is 119 Å². The predicted octanol–water partition coefficient (Wildman–Crippen LogP) is 2.80. The van der Waals surface area contributed by atoms with Crippen molar-refractivity contribution in [1.29, 1.82) is 0 Å². The molecule has 19 heavy (non-hydrogen) atoms. The quantitative estimate of drug-likeness (QED) is 0.732. The molecule has 2 aliphatic heterocycles. The molecule has 0 radical (unpaired) electrons. The molecule has 1 N–H and O–H groups in total. The molecule has 0 aromatic rings. The normalized spacial score (nSPS) is 32.7. The third-order valence-corrected chi connectivity index (χ3v) is 4.88. The summed E-state index contributed by atoms with van der Waals surface area (Å²) in [4.78, 5) is 2.82. The monoisotopic (exact) mass is 268 g/mol. The molecule has 2 bridgehead atoms. The summed E-state index contributed by atoms with van der Waals surface area (Å²) in [5.41, 5.74) is 0. The van der Waals surface area contributed by atoms with Crippen molar-refractivity contribution in [3.05, 3.63) is 0 Å². The summed E-state index contributed by atoms with van der Waals surface area (Å²) in [5, 5.41) is 3.74. The fourth-order valence-corrected chi connectivity index (χ4v) is 4.17. The number of nitrogens with one attached hydrogen (secondary N) is 1. The van der Waals surface area contributed by atoms with E-state index < -0.39 is 0 Å². The van der Waals surface area contributed by atoms with Crippen LogP contribution in [0.15, 0.2) is 0 Å². The zero-order valence-electron chi connectivity index (χ0n) is 13.0. The van der Waals surface area contributed by atoms with Crippen molar-refractivity contribution in [1.82, 2.24) is 10.2 Å². The molecular formula is C16H32N2O. The smallest absolute Gasteiger partial charge is 0.0618 e. The second-order valence-electron chi connectivity index (χ2n) is 6.35. The average molecular weight is 268 g/mol. The van der Waals surface area contributed by atoms with Crippen LogP contribution in [-0.2, 0) is 4.74 Å². The number of fused-ring (bicyclic) bond motifs is 2. The van der Waals surface area contributed by atoms with Gasteiger partial charge in [0, 0.05) is 31.3 Å². The molecule has 3 nitrogen and oxygen atoms in total. The van der Waals surface area contributed by atoms with E-state index in [0.717, 1.165) is 24.7 Å². The van der Waals surface area contributed by atoms with E-state index in [0.29, 0.717) is 6.04 Å². The first kappa shape index (κ1) is 15.3. The van der Waals surface area contributed by atoms with Gasteiger partial charge in [-0.2, -0.15) is 0 Å². The number of rotatable bonds is 8. The van der Waals surface area contributed by atoms with E-state index >= 15 is 0 Å². The minimum atomic E-state index is 0.652. The molecule has 2 heterocycles. The maximum absolute atomic E-state index is 5.47. The summed E-state index contributed by atoms with van der Waals surface area (Å²) in [6, 6.07) is 3.03. The standard InChI is InChI=1S/C16H32N2O/c1-4-6-16(12-19-3)18-14-7-8-15(18)11-13(10-14)17-9-5-2/h13-17H,4-12H2,1-3H3. The Morgan fingerprint density at radius 3 is 2.37 bits per heavy atom. The summed E-state index contributed by atoms with van der Waals surface area (Å²) < 4.78 is 5.47. The lowest BCUT2D eigenvalue weighted by atomic mass is 9.94. The van der Waals surface area contributed by atoms with Crippen LogP contribution in [0, 0.1) is 0 Å². The highest BCUT2D eigenvalue weighted by Gasteiger charge is 2.43. The lowest BCUT2D eigenvalue weighted by Gasteiger charge is -2.43. The van der Waals surface area contributed by atoms with Gasteiger partial charge in [0.2, 0.25) is 0 Å². The lowest BCUT2D eigenvalue weighted by Crippen LogP contribution is -2.54. The van der Waals surface area contributed by atoms with Crippen LogP contribution < -0.4 is 5.32 Å². The molecule has 0 saturated carbocycles. The second-order valence-corrected chi connectivity index (χ2v) is 6.35. The van der Waals surface area contributed by atoms with Crippen LogP contribution in [-0.4, -0.2) is 49.3 Å². The Balaban J connectivity index is 1.93. The van der Waals surface area contributed by atoms with Gasteiger partial charge in [0.05, 0.1) is 6.61 Å². The molecule has 112 valence electrons. The van der Waals surface area contributed by atoms with Crippen molar-refractivity contribution in [3.8, 4) is 0 Å². The molecule has 2 saturated heterocycles. The van der Waals surface area contributed by atoms with Crippen molar-refractivity contribution in [2.24, 2.45) is 0 Å². The zero-order chi connectivity index (χ0) is 13.7. The summed E-state index contributed by atoms with van der Waals surface area (Å²) in [6.07, 6.45) is 9.30. The number of hydrogen-bond acceptors (Lipinski definition) is 3. The fourth-order valence-electron chi connectivity index (χ4n) is 4.17. The highest BCUT2D eigenvalue weighted by molar-refractivity contribution is 5.00. The van der Waals surface area contributed by atoms with Gasteiger partial charge in [-0.3, -0.25) is 4.90 Å². The molecule has 3 unspecified atom stereocenters. The molecule has 2 rings (SSSR count). The molecule has 0 amide bonds. The molecule has 0 aromatic carbocycles. The molecule has 2 aliphatic rings. The van der Waals surface area contributed by atoms with Crippen LogP contribution >= 0.6 is 0 Å². The third-order valence-electron chi connectivity index (χ3n) is 4.88. The van der Waals surface area contributed by atoms with Gasteiger partial charge in [-0.1, -0.05) is 20.3 Å². The lowest BCUT2D eigenvalue weighted by molar-refractivity contribution is 0.0212. The van der Waals surface area contributed by atoms with Crippen LogP contribution in [0.1, 0.15) is 58.8 Å². The van der Waals surface area contributed by atoms with E-state index in [-0.39, 0.29) is 0 Å². The Hall–Kier alpha value is -0.120. The van der Waals surface area contributed by atoms with Gasteiger partial charge in [0.15, 0.2) is 0 Å². The number of ether oxygens (including phenoxy) is 1. The largest absolute Gasteiger partial charge is 0.383 e. The summed E-state index contributed by atoms with van der Waals surface area (Å²) in [5.74, 6) is 0. The summed E-state index contributed by atoms with van der Waals surface area (Å²) in [7, 11) is 1.85. The number of methoxy groups -OCH3 is 1. The summed E-state index contributed by atoms with van der Waals surface area (Å²) >= 11 is 0. The molecular weight excluding hydrogens is 236 g/mol. The molecule has 3 atom stereocenters. The van der Waals surface area contributed by atoms with Gasteiger partial charge >= 0.3 is 0 Å². The minimum absolute atomic E-state index is 0.652. The minimum Gasteiger partial charge on any atom is -0.383 e. The van der Waals surface area contributed by atoms with E-state index in [2.05, 4.69) is 24.1 Å². The van der Waals surface area contributed by atoms with E-state index in [9.17, 15) is 0 Å². The van der Waals surface area contributed by atoms with Gasteiger partial charge in [-0.15, -0.1) is 0 Å². The predicted molar refractivity (Wildman–Crippen MR) is 80.5 cm³/mol. The SMILES string of the molecule is CCCNC1CC2CCC(C1)N2C(CCC)COC. The van der Waals surface area contributed by atoms with Crippen LogP contribution in [0.25, 0.3) is 0 Å². The summed E-state index contributed by atoms with van der Waals surface area (Å²) in [6.45, 7) is 6.64. The van der Waals surface area contributed by atoms with Crippen molar-refractivity contribution < 1.29 is 4.74 Å². The molecule has 2 fully saturated rings. The first-order chi connectivity index (χ1) is 9.30. The van der Waals surface area contributed by atoms with E-state index in [4.69, 9.17) is 4.74 Å². The second kappa shape index (κ2) is 7.61. The third kappa shape index (κ3) is 3.71. The van der Waals surface area contributed by atoms with Crippen molar-refractivity contribution >= 4 is 0 Å². The molecule has 0 aliphatic carbocycles. The average Bonchev–Trinajstić information content (AvgIpc) is 2.67. The first-order valence-electron chi connectivity index (χ1n) is 8.29. The van der Waals surface area contributed by atoms with E-state index in [1.54, 1.807) is 0 Å². The zero-order valence-corrected chi connectivity index (χ0v) is 13.0. The topological polar surface area (TPSA) is 24.5 Å². The fraction of sp³-hybridized carbons (Fsp3) is 1.00. The van der Waals surface area contributed by atoms with Crippen LogP contribution in [0.5, 0.6) is 0 Å². The number of hydrogen-bond donors (Lipinski definition) is 1. The Morgan fingerprint density at radius 2 is 1.84 bits per heavy atom. The molecule has 3 heteroatoms. The van der Waals surface area contributed by atoms with Crippen molar-refractivity contribution in [2.75, 3.05) is 20.3 Å². The van der Waals surface area contributed by atoms with Gasteiger partial charge in [0.1, 0.15) is 0 Å².